The molecule has 0 heterocycles. The summed E-state index contributed by atoms with van der Waals surface area (Å²) in [6.07, 6.45) is 0. The minimum Gasteiger partial charge on any atom is -0.696 e. The molecule has 4 heteroatoms. The van der Waals surface area contributed by atoms with E-state index in [1.807, 2.05) is 0 Å². The minimum atomic E-state index is 0. The van der Waals surface area contributed by atoms with E-state index < -0.39 is 0 Å². The first kappa shape index (κ1) is 16.0. The van der Waals surface area contributed by atoms with Crippen molar-refractivity contribution in [3.05, 3.63) is 0 Å². The Morgan fingerprint density at radius 3 is 1.60 bits per heavy atom. The van der Waals surface area contributed by atoms with Gasteiger partial charge in [0.1, 0.15) is 0 Å². The van der Waals surface area contributed by atoms with Crippen LogP contribution in [0.4, 0.5) is 0 Å². The zero-order valence-electron chi connectivity index (χ0n) is 2.77. The summed E-state index contributed by atoms with van der Waals surface area (Å²) in [7, 11) is 0. The van der Waals surface area contributed by atoms with E-state index in [1.54, 1.807) is 0 Å². The van der Waals surface area contributed by atoms with E-state index in [9.17, 15) is 0 Å². The molecule has 20 valence electrons. The van der Waals surface area contributed by atoms with E-state index in [2.05, 4.69) is 12.6 Å². The van der Waals surface area contributed by atoms with Gasteiger partial charge in [-0.3, -0.25) is 0 Å². The van der Waals surface area contributed by atoms with Crippen molar-refractivity contribution < 1.29 is 55.0 Å². The Balaban J connectivity index is -0.0000000200. The quantitative estimate of drug-likeness (QED) is 0.341. The smallest absolute Gasteiger partial charge is 0 e. The average Bonchev–Trinajstić information content (AvgIpc) is 0.918. The molecule has 0 saturated carbocycles. The third-order valence-electron chi connectivity index (χ3n) is 0. The summed E-state index contributed by atoms with van der Waals surface area (Å²) in [5.41, 5.74) is 0. The maximum absolute atomic E-state index is 7.13. The maximum atomic E-state index is 7.13. The van der Waals surface area contributed by atoms with E-state index in [0.29, 0.717) is 0 Å². The molecule has 5 heavy (non-hydrogen) atoms. The summed E-state index contributed by atoms with van der Waals surface area (Å²) in [5.74, 6) is 0. The largest absolute Gasteiger partial charge is 0.696 e. The Morgan fingerprint density at radius 2 is 1.60 bits per heavy atom. The molecule has 0 aliphatic rings. The standard InChI is InChI=1S/CHNS.Cd.Hg/c2-1-3;;/h3H;;/p-1. The van der Waals surface area contributed by atoms with E-state index in [-0.39, 0.29) is 55.0 Å². The molecule has 0 amide bonds. The van der Waals surface area contributed by atoms with Gasteiger partial charge in [-0.25, -0.2) is 5.26 Å². The van der Waals surface area contributed by atoms with Crippen molar-refractivity contribution in [2.45, 2.75) is 0 Å². The summed E-state index contributed by atoms with van der Waals surface area (Å²) >= 11 is 3.70. The maximum Gasteiger partial charge on any atom is 0 e. The molecular formula is CCdHgNS-. The van der Waals surface area contributed by atoms with Gasteiger partial charge >= 0.3 is 0 Å². The SMILES string of the molecule is N#C[S-].[Cd].[Hg]. The van der Waals surface area contributed by atoms with Gasteiger partial charge in [-0.05, 0) is 0 Å². The van der Waals surface area contributed by atoms with Crippen LogP contribution >= 0.6 is 0 Å². The van der Waals surface area contributed by atoms with Crippen molar-refractivity contribution in [2.75, 3.05) is 0 Å². The molecule has 0 unspecified atom stereocenters. The van der Waals surface area contributed by atoms with Crippen LogP contribution in [-0.2, 0) is 67.6 Å². The summed E-state index contributed by atoms with van der Waals surface area (Å²) in [5, 5.41) is 8.47. The van der Waals surface area contributed by atoms with Crippen molar-refractivity contribution in [2.24, 2.45) is 0 Å². The zero-order chi connectivity index (χ0) is 2.71. The number of nitrogens with zero attached hydrogens (tertiary/aromatic N) is 1. The van der Waals surface area contributed by atoms with Crippen molar-refractivity contribution in [3.8, 4) is 5.40 Å². The molecule has 0 aromatic heterocycles. The predicted octanol–water partition coefficient (Wildman–Crippen LogP) is 0.00938. The fourth-order valence-electron chi connectivity index (χ4n) is 0. The first-order valence-electron chi connectivity index (χ1n) is 0.428. The van der Waals surface area contributed by atoms with E-state index >= 15 is 0 Å². The molecule has 0 aliphatic carbocycles. The van der Waals surface area contributed by atoms with Gasteiger partial charge in [0.25, 0.3) is 0 Å². The van der Waals surface area contributed by atoms with Gasteiger partial charge in [-0.2, -0.15) is 0 Å². The predicted molar refractivity (Wildman–Crippen MR) is 13.0 cm³/mol. The number of thiocyanates is 1. The van der Waals surface area contributed by atoms with Gasteiger partial charge in [0.2, 0.25) is 0 Å². The third kappa shape index (κ3) is 28.8. The van der Waals surface area contributed by atoms with Gasteiger partial charge in [0.05, 0.1) is 0 Å². The Hall–Kier alpha value is 1.57. The molecule has 0 aliphatic heterocycles. The molecule has 0 aromatic rings. The summed E-state index contributed by atoms with van der Waals surface area (Å²) in [6, 6.07) is 0. The summed E-state index contributed by atoms with van der Waals surface area (Å²) in [4.78, 5) is 0. The molecule has 0 fully saturated rings. The van der Waals surface area contributed by atoms with E-state index in [1.165, 1.54) is 5.40 Å². The molecule has 0 rings (SSSR count). The molecular weight excluding hydrogens is 371 g/mol. The van der Waals surface area contributed by atoms with Crippen molar-refractivity contribution in [3.63, 3.8) is 0 Å². The van der Waals surface area contributed by atoms with Crippen LogP contribution in [-0.4, -0.2) is 0 Å². The van der Waals surface area contributed by atoms with Crippen LogP contribution in [0.15, 0.2) is 0 Å². The van der Waals surface area contributed by atoms with Crippen LogP contribution in [0.5, 0.6) is 0 Å². The fraction of sp³-hybridized carbons (Fsp3) is 0. The van der Waals surface area contributed by atoms with Crippen LogP contribution in [0.2, 0.25) is 0 Å². The Morgan fingerprint density at radius 1 is 1.60 bits per heavy atom. The molecule has 0 N–H and O–H groups in total. The second kappa shape index (κ2) is 17.6. The van der Waals surface area contributed by atoms with Crippen molar-refractivity contribution in [1.29, 1.82) is 5.26 Å². The van der Waals surface area contributed by atoms with Gasteiger partial charge in [0.15, 0.2) is 0 Å². The first-order chi connectivity index (χ1) is 1.41. The van der Waals surface area contributed by atoms with Crippen molar-refractivity contribution >= 4 is 12.6 Å². The molecule has 0 atom stereocenters. The molecule has 0 spiro atoms. The Bertz CT molecular complexity index is 33.1. The third-order valence-corrected chi connectivity index (χ3v) is 0. The van der Waals surface area contributed by atoms with Crippen LogP contribution in [0.3, 0.4) is 0 Å². The van der Waals surface area contributed by atoms with Crippen molar-refractivity contribution in [1.82, 2.24) is 0 Å². The van der Waals surface area contributed by atoms with Gasteiger partial charge in [-0.1, -0.05) is 5.40 Å². The number of hydrogen-bond donors (Lipinski definition) is 0. The Kier molecular flexibility index (Phi) is 56.4. The van der Waals surface area contributed by atoms with Gasteiger partial charge in [0, 0.05) is 55.0 Å². The zero-order valence-corrected chi connectivity index (χ0v) is 13.1. The molecule has 0 saturated heterocycles. The van der Waals surface area contributed by atoms with Crippen LogP contribution in [0, 0.1) is 10.7 Å². The summed E-state index contributed by atoms with van der Waals surface area (Å²) < 4.78 is 0. The first-order valence-corrected chi connectivity index (χ1v) is 0.836. The Labute approximate surface area is 77.2 Å². The minimum absolute atomic E-state index is 0. The average molecular weight is 371 g/mol. The van der Waals surface area contributed by atoms with Crippen LogP contribution in [0.25, 0.3) is 0 Å². The monoisotopic (exact) mass is 374 g/mol. The van der Waals surface area contributed by atoms with E-state index in [0.717, 1.165) is 0 Å². The topological polar surface area (TPSA) is 23.8 Å². The normalized spacial score (nSPS) is 1.40. The molecule has 0 radical (unpaired) electrons. The van der Waals surface area contributed by atoms with Crippen LogP contribution in [0.1, 0.15) is 0 Å². The number of rotatable bonds is 0. The molecule has 1 nitrogen and oxygen atoms in total. The number of nitriles is 1. The molecule has 0 aromatic carbocycles. The second-order valence-corrected chi connectivity index (χ2v) is 0.274. The number of hydrogen-bond acceptors (Lipinski definition) is 2. The van der Waals surface area contributed by atoms with Gasteiger partial charge < -0.3 is 12.6 Å². The van der Waals surface area contributed by atoms with Gasteiger partial charge in [-0.15, -0.1) is 0 Å². The second-order valence-electron chi connectivity index (χ2n) is 0.0913. The van der Waals surface area contributed by atoms with E-state index in [4.69, 9.17) is 5.26 Å². The molecule has 0 bridgehead atoms. The fourth-order valence-corrected chi connectivity index (χ4v) is 0. The van der Waals surface area contributed by atoms with Crippen LogP contribution < -0.4 is 0 Å². The summed E-state index contributed by atoms with van der Waals surface area (Å²) in [6.45, 7) is 0.